The molecule has 1 aliphatic rings. The second-order valence-electron chi connectivity index (χ2n) is 7.19. The van der Waals surface area contributed by atoms with Crippen LogP contribution in [0.4, 0.5) is 0 Å². The fraction of sp³-hybridized carbons (Fsp3) is 0.579. The Morgan fingerprint density at radius 2 is 1.52 bits per heavy atom. The van der Waals surface area contributed by atoms with Crippen LogP contribution in [0.3, 0.4) is 0 Å². The molecule has 2 rings (SSSR count). The minimum Gasteiger partial charge on any atom is -0.273 e. The third-order valence-electron chi connectivity index (χ3n) is 4.34. The Bertz CT molecular complexity index is 720. The molecule has 1 heterocycles. The van der Waals surface area contributed by atoms with Crippen molar-refractivity contribution >= 4 is 10.0 Å². The van der Waals surface area contributed by atoms with Gasteiger partial charge >= 0.3 is 0 Å². The van der Waals surface area contributed by atoms with Gasteiger partial charge in [-0.25, -0.2) is 8.42 Å². The summed E-state index contributed by atoms with van der Waals surface area (Å²) in [6, 6.07) is 4.08. The van der Waals surface area contributed by atoms with Gasteiger partial charge in [-0.05, 0) is 40.9 Å². The fourth-order valence-electron chi connectivity index (χ4n) is 2.90. The lowest BCUT2D eigenvalue weighted by Gasteiger charge is -2.26. The van der Waals surface area contributed by atoms with Crippen LogP contribution in [0, 0.1) is 0 Å². The summed E-state index contributed by atoms with van der Waals surface area (Å²) in [6.45, 7) is 12.7. The highest BCUT2D eigenvalue weighted by Gasteiger charge is 2.31. The molecule has 0 radical (unpaired) electrons. The summed E-state index contributed by atoms with van der Waals surface area (Å²) in [5.41, 5.74) is 2.90. The Morgan fingerprint density at radius 1 is 1.00 bits per heavy atom. The molecule has 0 aliphatic carbocycles. The lowest BCUT2D eigenvalue weighted by molar-refractivity contribution is 0.512. The maximum atomic E-state index is 13.3. The number of hydrogen-bond acceptors (Lipinski definition) is 2. The Hall–Kier alpha value is -1.29. The van der Waals surface area contributed by atoms with E-state index in [4.69, 9.17) is 1.37 Å². The van der Waals surface area contributed by atoms with Gasteiger partial charge in [0, 0.05) is 12.7 Å². The van der Waals surface area contributed by atoms with E-state index in [-0.39, 0.29) is 18.0 Å². The molecular weight excluding hydrogens is 306 g/mol. The largest absolute Gasteiger partial charge is 0.273 e. The third-order valence-corrected chi connectivity index (χ3v) is 6.19. The van der Waals surface area contributed by atoms with Crippen molar-refractivity contribution in [2.75, 3.05) is 6.54 Å². The molecule has 3 nitrogen and oxygen atoms in total. The summed E-state index contributed by atoms with van der Waals surface area (Å²) < 4.78 is 35.9. The van der Waals surface area contributed by atoms with Gasteiger partial charge in [-0.3, -0.25) is 4.31 Å². The van der Waals surface area contributed by atoms with Crippen LogP contribution in [-0.2, 0) is 10.0 Å². The van der Waals surface area contributed by atoms with E-state index in [0.717, 1.165) is 11.1 Å². The highest BCUT2D eigenvalue weighted by molar-refractivity contribution is 7.89. The van der Waals surface area contributed by atoms with Crippen molar-refractivity contribution < 1.29 is 9.79 Å². The average Bonchev–Trinajstić information content (AvgIpc) is 2.92. The summed E-state index contributed by atoms with van der Waals surface area (Å²) in [7, 11) is -3.70. The molecule has 0 fully saturated rings. The fourth-order valence-corrected chi connectivity index (χ4v) is 4.86. The van der Waals surface area contributed by atoms with Crippen LogP contribution >= 0.6 is 0 Å². The van der Waals surface area contributed by atoms with E-state index in [1.807, 2.05) is 39.8 Å². The van der Waals surface area contributed by atoms with Crippen LogP contribution in [0.5, 0.6) is 0 Å². The SMILES string of the molecule is [2H]C1=CCCN1S(=O)(=O)c1c(C(C)C)cc(C(C)C)cc1C(C)C. The van der Waals surface area contributed by atoms with Crippen molar-refractivity contribution in [2.45, 2.75) is 70.6 Å². The van der Waals surface area contributed by atoms with Crippen LogP contribution in [0.2, 0.25) is 0 Å². The van der Waals surface area contributed by atoms with Crippen LogP contribution in [0.25, 0.3) is 0 Å². The van der Waals surface area contributed by atoms with E-state index >= 15 is 0 Å². The molecule has 128 valence electrons. The highest BCUT2D eigenvalue weighted by atomic mass is 32.2. The van der Waals surface area contributed by atoms with E-state index < -0.39 is 10.0 Å². The molecule has 0 N–H and O–H groups in total. The van der Waals surface area contributed by atoms with E-state index in [9.17, 15) is 8.42 Å². The minimum atomic E-state index is -3.70. The topological polar surface area (TPSA) is 37.4 Å². The molecule has 0 saturated carbocycles. The first-order valence-electron chi connectivity index (χ1n) is 8.94. The Balaban J connectivity index is 2.78. The van der Waals surface area contributed by atoms with Crippen molar-refractivity contribution in [3.05, 3.63) is 41.1 Å². The zero-order valence-corrected chi connectivity index (χ0v) is 15.9. The predicted molar refractivity (Wildman–Crippen MR) is 96.4 cm³/mol. The van der Waals surface area contributed by atoms with Gasteiger partial charge in [0.1, 0.15) is 0 Å². The molecular formula is C19H29NO2S. The van der Waals surface area contributed by atoms with Gasteiger partial charge in [-0.15, -0.1) is 0 Å². The molecule has 0 spiro atoms. The van der Waals surface area contributed by atoms with Gasteiger partial charge in [0.25, 0.3) is 10.0 Å². The van der Waals surface area contributed by atoms with Gasteiger partial charge in [0.15, 0.2) is 0 Å². The quantitative estimate of drug-likeness (QED) is 0.761. The van der Waals surface area contributed by atoms with Gasteiger partial charge in [0.2, 0.25) is 0 Å². The van der Waals surface area contributed by atoms with Crippen LogP contribution in [-0.4, -0.2) is 19.3 Å². The van der Waals surface area contributed by atoms with Gasteiger partial charge in [0.05, 0.1) is 6.27 Å². The summed E-state index contributed by atoms with van der Waals surface area (Å²) in [4.78, 5) is 0.414. The lowest BCUT2D eigenvalue weighted by atomic mass is 9.89. The van der Waals surface area contributed by atoms with E-state index in [2.05, 4.69) is 13.8 Å². The van der Waals surface area contributed by atoms with Crippen molar-refractivity contribution in [1.29, 1.82) is 0 Å². The third kappa shape index (κ3) is 3.47. The predicted octanol–water partition coefficient (Wildman–Crippen LogP) is 4.96. The van der Waals surface area contributed by atoms with Gasteiger partial charge < -0.3 is 0 Å². The smallest absolute Gasteiger partial charge is 0.264 e. The molecule has 0 aromatic heterocycles. The standard InChI is InChI=1S/C19H29NO2S/c1-13(2)16-11-17(14(3)4)19(18(12-16)15(5)6)23(21,22)20-9-7-8-10-20/h7,9,11-15H,8,10H2,1-6H3/i9D. The molecule has 0 unspecified atom stereocenters. The van der Waals surface area contributed by atoms with Crippen LogP contribution in [0.15, 0.2) is 29.3 Å². The molecule has 1 aromatic rings. The average molecular weight is 337 g/mol. The zero-order chi connectivity index (χ0) is 18.2. The molecule has 0 bridgehead atoms. The lowest BCUT2D eigenvalue weighted by Crippen LogP contribution is -2.27. The second-order valence-corrected chi connectivity index (χ2v) is 8.99. The molecule has 1 aromatic carbocycles. The molecule has 0 atom stereocenters. The molecule has 1 aliphatic heterocycles. The minimum absolute atomic E-state index is 0.0901. The summed E-state index contributed by atoms with van der Waals surface area (Å²) in [6.07, 6.45) is 2.37. The molecule has 4 heteroatoms. The Labute approximate surface area is 142 Å². The molecule has 0 saturated heterocycles. The molecule has 0 amide bonds. The van der Waals surface area contributed by atoms with E-state index in [0.29, 0.717) is 23.8 Å². The number of benzene rings is 1. The first-order valence-corrected chi connectivity index (χ1v) is 9.88. The van der Waals surface area contributed by atoms with Crippen molar-refractivity contribution in [3.8, 4) is 0 Å². The summed E-state index contributed by atoms with van der Waals surface area (Å²) >= 11 is 0. The maximum absolute atomic E-state index is 13.3. The zero-order valence-electron chi connectivity index (χ0n) is 16.1. The second kappa shape index (κ2) is 6.68. The van der Waals surface area contributed by atoms with Crippen LogP contribution < -0.4 is 0 Å². The van der Waals surface area contributed by atoms with Crippen molar-refractivity contribution in [1.82, 2.24) is 4.31 Å². The number of hydrogen-bond donors (Lipinski definition) is 0. The monoisotopic (exact) mass is 336 g/mol. The van der Waals surface area contributed by atoms with Crippen LogP contribution in [0.1, 0.15) is 83.8 Å². The maximum Gasteiger partial charge on any atom is 0.264 e. The Morgan fingerprint density at radius 3 is 1.87 bits per heavy atom. The van der Waals surface area contributed by atoms with E-state index in [1.165, 1.54) is 9.87 Å². The number of nitrogens with zero attached hydrogens (tertiary/aromatic N) is 1. The first-order chi connectivity index (χ1) is 11.1. The van der Waals surface area contributed by atoms with Gasteiger partial charge in [-0.2, -0.15) is 0 Å². The van der Waals surface area contributed by atoms with Gasteiger partial charge in [-0.1, -0.05) is 59.8 Å². The van der Waals surface area contributed by atoms with Crippen molar-refractivity contribution in [3.63, 3.8) is 0 Å². The number of rotatable bonds is 5. The van der Waals surface area contributed by atoms with Crippen molar-refractivity contribution in [2.24, 2.45) is 0 Å². The summed E-state index contributed by atoms with van der Waals surface area (Å²) in [5, 5.41) is 0. The Kier molecular flexibility index (Phi) is 4.81. The number of sulfonamides is 1. The summed E-state index contributed by atoms with van der Waals surface area (Å²) in [5.74, 6) is 0.550. The van der Waals surface area contributed by atoms with E-state index in [1.54, 1.807) is 6.08 Å². The highest BCUT2D eigenvalue weighted by Crippen LogP contribution is 2.37. The first kappa shape index (κ1) is 16.6. The normalized spacial score (nSPS) is 16.5. The molecule has 23 heavy (non-hydrogen) atoms.